The molecule has 0 fully saturated rings. The number of nitrogens with zero attached hydrogens (tertiary/aromatic N) is 16. The van der Waals surface area contributed by atoms with Gasteiger partial charge in [0, 0.05) is 127 Å². The van der Waals surface area contributed by atoms with Crippen molar-refractivity contribution in [1.29, 1.82) is 0 Å². The summed E-state index contributed by atoms with van der Waals surface area (Å²) in [7, 11) is 0. The average molecular weight is 2150 g/mol. The molecule has 0 N–H and O–H groups in total. The fourth-order valence-electron chi connectivity index (χ4n) is 20.7. The van der Waals surface area contributed by atoms with E-state index < -0.39 is 0 Å². The predicted octanol–water partition coefficient (Wildman–Crippen LogP) is 28.7. The second-order valence-electron chi connectivity index (χ2n) is 43.6. The number of hydrogen-bond donors (Lipinski definition) is 0. The number of aromatic nitrogens is 10. The summed E-state index contributed by atoms with van der Waals surface area (Å²) in [5.74, 6) is 6.32. The van der Waals surface area contributed by atoms with E-state index in [4.69, 9.17) is 72.4 Å². The molecule has 7 aromatic heterocycles. The summed E-state index contributed by atoms with van der Waals surface area (Å²) in [6.45, 7) is 70.1. The van der Waals surface area contributed by atoms with Gasteiger partial charge in [-0.1, -0.05) is 243 Å². The molecule has 15 aromatic rings. The molecular formula is C120H160N16O9S4V. The smallest absolute Gasteiger partial charge is 0.287 e. The van der Waals surface area contributed by atoms with Crippen LogP contribution in [0.15, 0.2) is 121 Å². The van der Waals surface area contributed by atoms with Crippen molar-refractivity contribution in [1.82, 2.24) is 63.2 Å². The first-order chi connectivity index (χ1) is 72.2. The topological polar surface area (TPSA) is 203 Å². The van der Waals surface area contributed by atoms with Crippen molar-refractivity contribution >= 4 is 176 Å². The van der Waals surface area contributed by atoms with Gasteiger partial charge in [0.15, 0.2) is 40.2 Å². The molecule has 0 amide bonds. The zero-order valence-electron chi connectivity index (χ0n) is 93.4. The van der Waals surface area contributed by atoms with E-state index in [-0.39, 0.29) is 79.1 Å². The first-order valence-corrected chi connectivity index (χ1v) is 59.0. The maximum absolute atomic E-state index is 8.62. The van der Waals surface area contributed by atoms with Crippen LogP contribution >= 0.6 is 46.2 Å². The number of para-hydroxylation sites is 4. The second kappa shape index (κ2) is 49.9. The van der Waals surface area contributed by atoms with Crippen LogP contribution in [0.3, 0.4) is 0 Å². The second-order valence-corrected chi connectivity index (χ2v) is 47.8. The van der Waals surface area contributed by atoms with Crippen LogP contribution in [0.25, 0.3) is 130 Å². The molecular weight excluding hydrogens is 1990 g/mol. The van der Waals surface area contributed by atoms with Crippen molar-refractivity contribution < 1.29 is 65.7 Å². The minimum absolute atomic E-state index is 0. The van der Waals surface area contributed by atoms with Crippen LogP contribution in [0.2, 0.25) is 0 Å². The molecule has 3 aliphatic heterocycles. The molecule has 150 heavy (non-hydrogen) atoms. The Balaban J connectivity index is 0.0000153. The van der Waals surface area contributed by atoms with E-state index in [2.05, 4.69) is 302 Å². The van der Waals surface area contributed by atoms with Gasteiger partial charge in [0.25, 0.3) is 16.9 Å². The minimum atomic E-state index is 0. The molecule has 18 rings (SSSR count). The number of fused-ring (bicyclic) bond motifs is 24. The van der Waals surface area contributed by atoms with Gasteiger partial charge < -0.3 is 86.4 Å². The van der Waals surface area contributed by atoms with Crippen LogP contribution in [0.4, 0.5) is 22.7 Å². The summed E-state index contributed by atoms with van der Waals surface area (Å²) in [6.07, 6.45) is 4.43. The molecule has 0 saturated carbocycles. The predicted molar refractivity (Wildman–Crippen MR) is 619 cm³/mol. The molecule has 10 heterocycles. The third kappa shape index (κ3) is 22.8. The number of rotatable bonds is 52. The molecule has 3 aliphatic rings. The quantitative estimate of drug-likeness (QED) is 0.0257. The molecule has 0 aliphatic carbocycles. The van der Waals surface area contributed by atoms with Crippen molar-refractivity contribution in [3.63, 3.8) is 0 Å². The molecule has 25 nitrogen and oxygen atoms in total. The van der Waals surface area contributed by atoms with Crippen molar-refractivity contribution in [3.8, 4) is 57.3 Å². The molecule has 803 valence electrons. The average Bonchev–Trinajstić information content (AvgIpc) is 1.52. The van der Waals surface area contributed by atoms with E-state index in [9.17, 15) is 0 Å². The first-order valence-electron chi connectivity index (χ1n) is 55.7. The van der Waals surface area contributed by atoms with Gasteiger partial charge in [-0.3, -0.25) is 0 Å². The van der Waals surface area contributed by atoms with Crippen molar-refractivity contribution in [2.24, 2.45) is 47.3 Å². The molecule has 30 heteroatoms. The number of hydrogen-bond acceptors (Lipinski definition) is 24. The van der Waals surface area contributed by atoms with Crippen LogP contribution in [0.1, 0.15) is 216 Å². The number of likely N-dealkylation sites (N-methyl/N-ethyl adjacent to an activating group) is 4. The van der Waals surface area contributed by atoms with Gasteiger partial charge in [-0.25, -0.2) is 4.98 Å². The zero-order valence-corrected chi connectivity index (χ0v) is 98.1. The van der Waals surface area contributed by atoms with Crippen LogP contribution in [-0.4, -0.2) is 203 Å². The summed E-state index contributed by atoms with van der Waals surface area (Å²) in [5, 5.41) is 3.89. The standard InChI is InChI=1S/C120H160N16O9S4.V/c1-25-127(26-2)55-59-131-83-41-33-38-46-88(83)147-110-99(131)81(71-137-69-79(21)22)91-94(106(110)142-66-52-76(15)16)116-122-113(91)121-114-92-82(72-138-70-80(23)24)109-100(132(60-56-128(27-3)28-4)84-42-34-37-45-87(84)146-109)103(139-63-49-73(9)10)93(92)115(123-114)124-118-97-96(105(141-65-51-75(13)14)102-111(107(97)143-67-53-77(17)18)148-89-47-39-36-44-86(89)134(102)62-58-130(31-7)32-8)119-126-120-98-95(117(125-116)135(120)145-136(118)119)104(140-64-50-74(11)12)101-112(108(98)144-68-54-78(19)20)149-90-48-40-35-43-85(90)133(101)61-57-129(29-5)30-6;/h33-48,73-80H,25-32,49-72H2,1-24H3;. The van der Waals surface area contributed by atoms with Crippen LogP contribution in [0, 0.1) is 47.3 Å². The van der Waals surface area contributed by atoms with E-state index in [1.165, 1.54) is 0 Å². The summed E-state index contributed by atoms with van der Waals surface area (Å²) >= 11 is 6.93. The van der Waals surface area contributed by atoms with E-state index in [0.717, 1.165) is 211 Å². The molecule has 1 radical (unpaired) electrons. The van der Waals surface area contributed by atoms with Gasteiger partial charge in [-0.05, 0) is 196 Å². The third-order valence-electron chi connectivity index (χ3n) is 29.4. The SMILES string of the molecule is CCN(CC)CCN1c2ccccc2Sc2c(COCC(C)C)c3c(c(OCCC(C)C)c21)-c1nc-3nc2[n-]c(nc3c4c(OCCC(C)C)c5c(sc6ccccc6n5CCN(CC)CC)c(OCCC(C)C)c4c4nc5c6c(OCCC(C)C)c7c(sc8ccccc8n7CCN(CC)CC)c(OCCC(C)C)c6c(n1)n5o[n+]43)c1c(OCCC(C)C)c3c(c(COCC(C)C)c21)N(CCN(CC)CC)c1ccccc1S3.[V]. The van der Waals surface area contributed by atoms with E-state index in [1.807, 2.05) is 9.15 Å². The van der Waals surface area contributed by atoms with Crippen molar-refractivity contribution in [2.45, 2.75) is 251 Å². The number of ether oxygens (including phenoxy) is 8. The summed E-state index contributed by atoms with van der Waals surface area (Å²) in [4.78, 5) is 57.9. The molecule has 0 unspecified atom stereocenters. The van der Waals surface area contributed by atoms with Crippen LogP contribution in [-0.2, 0) is 54.3 Å². The van der Waals surface area contributed by atoms with E-state index in [0.29, 0.717) is 203 Å². The third-order valence-corrected chi connectivity index (χ3v) is 34.0. The van der Waals surface area contributed by atoms with Gasteiger partial charge in [0.1, 0.15) is 32.9 Å². The Bertz CT molecular complexity index is 7440. The van der Waals surface area contributed by atoms with Gasteiger partial charge >= 0.3 is 0 Å². The Hall–Kier alpha value is -9.60. The number of anilines is 4. The molecule has 8 aromatic carbocycles. The fourth-order valence-corrected chi connectivity index (χ4v) is 25.6. The maximum atomic E-state index is 8.62. The molecule has 0 atom stereocenters. The number of benzene rings is 8. The van der Waals surface area contributed by atoms with Crippen molar-refractivity contribution in [2.75, 3.05) is 154 Å². The van der Waals surface area contributed by atoms with Gasteiger partial charge in [0.2, 0.25) is 5.65 Å². The summed E-state index contributed by atoms with van der Waals surface area (Å²) < 4.78 is 84.0. The Labute approximate surface area is 915 Å². The Morgan fingerprint density at radius 3 is 1.22 bits per heavy atom. The van der Waals surface area contributed by atoms with E-state index >= 15 is 0 Å². The zero-order chi connectivity index (χ0) is 105. The maximum Gasteiger partial charge on any atom is 0.287 e. The normalized spacial score (nSPS) is 13.1. The van der Waals surface area contributed by atoms with Crippen LogP contribution in [0.5, 0.6) is 34.5 Å². The Morgan fingerprint density at radius 1 is 0.360 bits per heavy atom. The minimum Gasteiger partial charge on any atom is -0.492 e. The summed E-state index contributed by atoms with van der Waals surface area (Å²) in [5.41, 5.74) is 13.2. The fraction of sp³-hybridized carbons (Fsp3) is 0.533. The van der Waals surface area contributed by atoms with Crippen LogP contribution < -0.4 is 47.8 Å². The first kappa shape index (κ1) is 112. The monoisotopic (exact) mass is 2150 g/mol. The van der Waals surface area contributed by atoms with E-state index in [1.54, 1.807) is 46.2 Å². The molecule has 0 saturated heterocycles. The van der Waals surface area contributed by atoms with Gasteiger partial charge in [-0.2, -0.15) is 9.61 Å². The largest absolute Gasteiger partial charge is 0.492 e. The van der Waals surface area contributed by atoms with Gasteiger partial charge in [-0.15, -0.1) is 27.7 Å². The van der Waals surface area contributed by atoms with Gasteiger partial charge in [0.05, 0.1) is 132 Å². The Kier molecular flexibility index (Phi) is 37.1. The summed E-state index contributed by atoms with van der Waals surface area (Å²) in [6, 6.07) is 35.4. The Morgan fingerprint density at radius 2 is 0.740 bits per heavy atom. The molecule has 0 spiro atoms. The molecule has 6 bridgehead atoms. The van der Waals surface area contributed by atoms with Crippen molar-refractivity contribution in [3.05, 3.63) is 108 Å².